The van der Waals surface area contributed by atoms with E-state index in [0.29, 0.717) is 0 Å². The molecule has 1 aliphatic heterocycles. The summed E-state index contributed by atoms with van der Waals surface area (Å²) >= 11 is 0. The second-order valence-corrected chi connectivity index (χ2v) is 7.12. The van der Waals surface area contributed by atoms with Crippen LogP contribution in [0.2, 0.25) is 0 Å². The minimum atomic E-state index is 0. The number of nitrogens with zero attached hydrogens (tertiary/aromatic N) is 6. The van der Waals surface area contributed by atoms with Crippen molar-refractivity contribution in [1.29, 1.82) is 0 Å². The molecule has 2 aromatic rings. The molecule has 1 saturated heterocycles. The molecule has 156 valence electrons. The SMILES string of the molecule is CCNC(=NCCc1nnc2ccccn12)N1CCC(CN(CC)CC)C1.I. The van der Waals surface area contributed by atoms with Crippen molar-refractivity contribution in [3.8, 4) is 0 Å². The zero-order valence-electron chi connectivity index (χ0n) is 17.3. The first kappa shape index (κ1) is 22.9. The summed E-state index contributed by atoms with van der Waals surface area (Å²) in [6, 6.07) is 5.97. The van der Waals surface area contributed by atoms with Gasteiger partial charge in [-0.05, 0) is 44.5 Å². The lowest BCUT2D eigenvalue weighted by molar-refractivity contribution is 0.255. The number of fused-ring (bicyclic) bond motifs is 1. The Morgan fingerprint density at radius 3 is 2.82 bits per heavy atom. The average molecular weight is 499 g/mol. The highest BCUT2D eigenvalue weighted by Gasteiger charge is 2.25. The van der Waals surface area contributed by atoms with Crippen LogP contribution >= 0.6 is 24.0 Å². The number of rotatable bonds is 8. The number of aromatic nitrogens is 3. The molecule has 0 aromatic carbocycles. The minimum absolute atomic E-state index is 0. The van der Waals surface area contributed by atoms with E-state index in [2.05, 4.69) is 46.1 Å². The molecular weight excluding hydrogens is 465 g/mol. The summed E-state index contributed by atoms with van der Waals surface area (Å²) in [6.07, 6.45) is 4.05. The first-order valence-electron chi connectivity index (χ1n) is 10.3. The van der Waals surface area contributed by atoms with E-state index in [9.17, 15) is 0 Å². The Bertz CT molecular complexity index is 741. The number of aliphatic imine (C=N–C) groups is 1. The second kappa shape index (κ2) is 11.5. The molecule has 2 aromatic heterocycles. The third-order valence-electron chi connectivity index (χ3n) is 5.31. The van der Waals surface area contributed by atoms with E-state index >= 15 is 0 Å². The molecule has 28 heavy (non-hydrogen) atoms. The van der Waals surface area contributed by atoms with Crippen LogP contribution in [0.1, 0.15) is 33.0 Å². The standard InChI is InChI=1S/C20H33N7.HI/c1-4-21-20(26-14-11-17(16-26)15-25(5-2)6-3)22-12-10-19-24-23-18-9-7-8-13-27(18)19;/h7-9,13,17H,4-6,10-12,14-16H2,1-3H3,(H,21,22);1H. The number of nitrogens with one attached hydrogen (secondary N) is 1. The van der Waals surface area contributed by atoms with Crippen LogP contribution in [0.15, 0.2) is 29.4 Å². The van der Waals surface area contributed by atoms with Crippen LogP contribution in [0, 0.1) is 5.92 Å². The lowest BCUT2D eigenvalue weighted by Gasteiger charge is -2.24. The van der Waals surface area contributed by atoms with E-state index in [1.165, 1.54) is 13.0 Å². The highest BCUT2D eigenvalue weighted by molar-refractivity contribution is 14.0. The molecule has 1 N–H and O–H groups in total. The van der Waals surface area contributed by atoms with E-state index in [4.69, 9.17) is 4.99 Å². The molecule has 1 atom stereocenters. The van der Waals surface area contributed by atoms with Crippen LogP contribution in [0.3, 0.4) is 0 Å². The van der Waals surface area contributed by atoms with Crippen LogP contribution in [-0.2, 0) is 6.42 Å². The van der Waals surface area contributed by atoms with Crippen molar-refractivity contribution in [1.82, 2.24) is 29.7 Å². The van der Waals surface area contributed by atoms with Crippen molar-refractivity contribution in [3.63, 3.8) is 0 Å². The molecule has 0 amide bonds. The Hall–Kier alpha value is -1.42. The van der Waals surface area contributed by atoms with Crippen LogP contribution in [0.4, 0.5) is 0 Å². The molecule has 0 saturated carbocycles. The maximum atomic E-state index is 4.87. The van der Waals surface area contributed by atoms with Gasteiger partial charge in [-0.15, -0.1) is 34.2 Å². The Balaban J connectivity index is 0.00000280. The zero-order chi connectivity index (χ0) is 19.1. The van der Waals surface area contributed by atoms with Crippen LogP contribution in [-0.4, -0.2) is 76.2 Å². The lowest BCUT2D eigenvalue weighted by Crippen LogP contribution is -2.41. The smallest absolute Gasteiger partial charge is 0.193 e. The molecule has 0 radical (unpaired) electrons. The fourth-order valence-electron chi connectivity index (χ4n) is 3.77. The molecule has 1 fully saturated rings. The van der Waals surface area contributed by atoms with Gasteiger partial charge in [0.05, 0.1) is 0 Å². The highest BCUT2D eigenvalue weighted by Crippen LogP contribution is 2.17. The monoisotopic (exact) mass is 499 g/mol. The van der Waals surface area contributed by atoms with Gasteiger partial charge in [0, 0.05) is 45.3 Å². The Kier molecular flexibility index (Phi) is 9.43. The average Bonchev–Trinajstić information content (AvgIpc) is 3.33. The van der Waals surface area contributed by atoms with Gasteiger partial charge in [-0.3, -0.25) is 9.39 Å². The molecular formula is C20H34IN7. The first-order valence-corrected chi connectivity index (χ1v) is 10.3. The summed E-state index contributed by atoms with van der Waals surface area (Å²) in [4.78, 5) is 9.81. The van der Waals surface area contributed by atoms with E-state index < -0.39 is 0 Å². The van der Waals surface area contributed by atoms with Gasteiger partial charge in [0.25, 0.3) is 0 Å². The lowest BCUT2D eigenvalue weighted by atomic mass is 10.1. The zero-order valence-corrected chi connectivity index (χ0v) is 19.7. The van der Waals surface area contributed by atoms with Gasteiger partial charge >= 0.3 is 0 Å². The summed E-state index contributed by atoms with van der Waals surface area (Å²) < 4.78 is 2.04. The molecule has 7 nitrogen and oxygen atoms in total. The minimum Gasteiger partial charge on any atom is -0.357 e. The van der Waals surface area contributed by atoms with E-state index in [-0.39, 0.29) is 24.0 Å². The third-order valence-corrected chi connectivity index (χ3v) is 5.31. The van der Waals surface area contributed by atoms with Crippen molar-refractivity contribution in [2.24, 2.45) is 10.9 Å². The number of pyridine rings is 1. The summed E-state index contributed by atoms with van der Waals surface area (Å²) in [5.74, 6) is 2.73. The van der Waals surface area contributed by atoms with Gasteiger partial charge in [0.2, 0.25) is 0 Å². The van der Waals surface area contributed by atoms with Gasteiger partial charge in [0.1, 0.15) is 5.82 Å². The molecule has 1 aliphatic rings. The van der Waals surface area contributed by atoms with Crippen LogP contribution < -0.4 is 5.32 Å². The molecule has 0 aliphatic carbocycles. The van der Waals surface area contributed by atoms with Crippen LogP contribution in [0.5, 0.6) is 0 Å². The van der Waals surface area contributed by atoms with E-state index in [0.717, 1.165) is 69.0 Å². The maximum Gasteiger partial charge on any atom is 0.193 e. The van der Waals surface area contributed by atoms with Gasteiger partial charge in [-0.25, -0.2) is 0 Å². The number of guanidine groups is 1. The molecule has 8 heteroatoms. The molecule has 1 unspecified atom stereocenters. The maximum absolute atomic E-state index is 4.87. The van der Waals surface area contributed by atoms with Crippen molar-refractivity contribution in [2.75, 3.05) is 45.8 Å². The van der Waals surface area contributed by atoms with Crippen molar-refractivity contribution in [3.05, 3.63) is 30.2 Å². The second-order valence-electron chi connectivity index (χ2n) is 7.12. The summed E-state index contributed by atoms with van der Waals surface area (Å²) in [6.45, 7) is 13.9. The normalized spacial score (nSPS) is 17.4. The number of hydrogen-bond donors (Lipinski definition) is 1. The number of likely N-dealkylation sites (tertiary alicyclic amines) is 1. The predicted octanol–water partition coefficient (Wildman–Crippen LogP) is 2.52. The van der Waals surface area contributed by atoms with Gasteiger partial charge in [0.15, 0.2) is 11.6 Å². The Morgan fingerprint density at radius 1 is 1.25 bits per heavy atom. The van der Waals surface area contributed by atoms with Crippen molar-refractivity contribution in [2.45, 2.75) is 33.6 Å². The van der Waals surface area contributed by atoms with Gasteiger partial charge in [-0.2, -0.15) is 0 Å². The van der Waals surface area contributed by atoms with Crippen molar-refractivity contribution >= 4 is 35.6 Å². The topological polar surface area (TPSA) is 61.1 Å². The number of halogens is 1. The largest absolute Gasteiger partial charge is 0.357 e. The van der Waals surface area contributed by atoms with E-state index in [1.54, 1.807) is 0 Å². The molecule has 0 bridgehead atoms. The van der Waals surface area contributed by atoms with Gasteiger partial charge in [-0.1, -0.05) is 19.9 Å². The quantitative estimate of drug-likeness (QED) is 0.344. The first-order chi connectivity index (χ1) is 13.2. The molecule has 3 heterocycles. The fourth-order valence-corrected chi connectivity index (χ4v) is 3.77. The van der Waals surface area contributed by atoms with Crippen LogP contribution in [0.25, 0.3) is 5.65 Å². The van der Waals surface area contributed by atoms with Gasteiger partial charge < -0.3 is 15.1 Å². The Morgan fingerprint density at radius 2 is 2.07 bits per heavy atom. The molecule has 3 rings (SSSR count). The summed E-state index contributed by atoms with van der Waals surface area (Å²) in [7, 11) is 0. The van der Waals surface area contributed by atoms with E-state index in [1.807, 2.05) is 28.8 Å². The number of hydrogen-bond acceptors (Lipinski definition) is 4. The summed E-state index contributed by atoms with van der Waals surface area (Å²) in [5.41, 5.74) is 0.891. The third kappa shape index (κ3) is 5.79. The fraction of sp³-hybridized carbons (Fsp3) is 0.650. The molecule has 0 spiro atoms. The van der Waals surface area contributed by atoms with Crippen molar-refractivity contribution < 1.29 is 0 Å². The highest BCUT2D eigenvalue weighted by atomic mass is 127. The predicted molar refractivity (Wildman–Crippen MR) is 126 cm³/mol. The summed E-state index contributed by atoms with van der Waals surface area (Å²) in [5, 5.41) is 12.0. The Labute approximate surface area is 185 Å².